The fourth-order valence-corrected chi connectivity index (χ4v) is 3.50. The van der Waals surface area contributed by atoms with Crippen LogP contribution in [0.25, 0.3) is 17.4 Å². The molecule has 31 heavy (non-hydrogen) atoms. The summed E-state index contributed by atoms with van der Waals surface area (Å²) in [4.78, 5) is 49.8. The van der Waals surface area contributed by atoms with Gasteiger partial charge < -0.3 is 9.52 Å². The quantitative estimate of drug-likeness (QED) is 0.429. The number of barbiturate groups is 1. The highest BCUT2D eigenvalue weighted by atomic mass is 79.9. The zero-order chi connectivity index (χ0) is 22.1. The van der Waals surface area contributed by atoms with Crippen LogP contribution in [0.15, 0.2) is 75.1 Å². The van der Waals surface area contributed by atoms with Gasteiger partial charge in [-0.25, -0.2) is 14.5 Å². The second-order valence-electron chi connectivity index (χ2n) is 6.49. The Morgan fingerprint density at radius 1 is 1.03 bits per heavy atom. The fourth-order valence-electron chi connectivity index (χ4n) is 3.11. The van der Waals surface area contributed by atoms with Gasteiger partial charge in [-0.1, -0.05) is 40.2 Å². The van der Waals surface area contributed by atoms with Crippen LogP contribution in [-0.2, 0) is 9.59 Å². The number of carbonyl (C=O) groups excluding carboxylic acids is 3. The smallest absolute Gasteiger partial charge is 0.336 e. The van der Waals surface area contributed by atoms with Crippen molar-refractivity contribution in [1.29, 1.82) is 0 Å². The van der Waals surface area contributed by atoms with Crippen molar-refractivity contribution >= 4 is 51.5 Å². The van der Waals surface area contributed by atoms with Gasteiger partial charge in [-0.2, -0.15) is 0 Å². The molecule has 1 aliphatic heterocycles. The van der Waals surface area contributed by atoms with Crippen LogP contribution in [0.1, 0.15) is 16.1 Å². The molecule has 0 atom stereocenters. The van der Waals surface area contributed by atoms with Crippen LogP contribution in [0, 0.1) is 0 Å². The fraction of sp³-hybridized carbons (Fsp3) is 0. The number of halogens is 1. The van der Waals surface area contributed by atoms with Gasteiger partial charge in [-0.15, -0.1) is 0 Å². The lowest BCUT2D eigenvalue weighted by Gasteiger charge is -2.26. The Kier molecular flexibility index (Phi) is 5.26. The molecule has 9 heteroatoms. The number of benzene rings is 2. The van der Waals surface area contributed by atoms with Crippen LogP contribution in [0.4, 0.5) is 10.5 Å². The third kappa shape index (κ3) is 3.90. The molecule has 3 aromatic rings. The number of hydrogen-bond donors (Lipinski definition) is 2. The van der Waals surface area contributed by atoms with Gasteiger partial charge in [0.1, 0.15) is 17.1 Å². The Labute approximate surface area is 183 Å². The molecular formula is C22H13BrN2O6. The lowest BCUT2D eigenvalue weighted by Crippen LogP contribution is -2.54. The number of nitrogens with zero attached hydrogens (tertiary/aromatic N) is 1. The maximum Gasteiger partial charge on any atom is 0.336 e. The summed E-state index contributed by atoms with van der Waals surface area (Å²) in [5.74, 6) is -2.37. The first kappa shape index (κ1) is 20.3. The molecule has 0 aliphatic carbocycles. The SMILES string of the molecule is O=C1NC(=O)N(c2cccc(Br)c2)C(=O)C1=Cc1ccc(-c2ccccc2C(=O)O)o1. The number of anilines is 1. The molecule has 1 aliphatic rings. The van der Waals surface area contributed by atoms with Crippen molar-refractivity contribution in [2.45, 2.75) is 0 Å². The van der Waals surface area contributed by atoms with Gasteiger partial charge in [0.25, 0.3) is 11.8 Å². The first-order chi connectivity index (χ1) is 14.8. The van der Waals surface area contributed by atoms with Crippen molar-refractivity contribution in [3.8, 4) is 11.3 Å². The van der Waals surface area contributed by atoms with E-state index in [9.17, 15) is 24.3 Å². The number of imide groups is 2. The first-order valence-electron chi connectivity index (χ1n) is 8.94. The molecule has 0 saturated carbocycles. The number of aromatic carboxylic acids is 1. The van der Waals surface area contributed by atoms with E-state index < -0.39 is 23.8 Å². The maximum atomic E-state index is 12.9. The summed E-state index contributed by atoms with van der Waals surface area (Å²) in [7, 11) is 0. The molecule has 8 nitrogen and oxygen atoms in total. The van der Waals surface area contributed by atoms with Crippen LogP contribution >= 0.6 is 15.9 Å². The average Bonchev–Trinajstić information content (AvgIpc) is 3.19. The number of furan rings is 1. The number of urea groups is 1. The van der Waals surface area contributed by atoms with Gasteiger partial charge in [-0.3, -0.25) is 14.9 Å². The molecule has 4 amide bonds. The molecule has 4 rings (SSSR count). The summed E-state index contributed by atoms with van der Waals surface area (Å²) in [5, 5.41) is 11.5. The summed E-state index contributed by atoms with van der Waals surface area (Å²) in [6, 6.07) is 15.0. The summed E-state index contributed by atoms with van der Waals surface area (Å²) in [5.41, 5.74) is 0.386. The predicted molar refractivity (Wildman–Crippen MR) is 114 cm³/mol. The van der Waals surface area contributed by atoms with Gasteiger partial charge in [0.15, 0.2) is 0 Å². The lowest BCUT2D eigenvalue weighted by atomic mass is 10.1. The minimum absolute atomic E-state index is 0.0500. The minimum atomic E-state index is -1.11. The van der Waals surface area contributed by atoms with Crippen LogP contribution in [0.2, 0.25) is 0 Å². The first-order valence-corrected chi connectivity index (χ1v) is 9.74. The summed E-state index contributed by atoms with van der Waals surface area (Å²) in [6.45, 7) is 0. The molecule has 1 saturated heterocycles. The van der Waals surface area contributed by atoms with Gasteiger partial charge in [0, 0.05) is 10.0 Å². The topological polar surface area (TPSA) is 117 Å². The summed E-state index contributed by atoms with van der Waals surface area (Å²) >= 11 is 3.28. The van der Waals surface area contributed by atoms with Crippen molar-refractivity contribution < 1.29 is 28.7 Å². The Morgan fingerprint density at radius 2 is 1.81 bits per heavy atom. The van der Waals surface area contributed by atoms with E-state index in [-0.39, 0.29) is 28.3 Å². The van der Waals surface area contributed by atoms with E-state index in [1.165, 1.54) is 24.3 Å². The zero-order valence-corrected chi connectivity index (χ0v) is 17.3. The number of rotatable bonds is 4. The van der Waals surface area contributed by atoms with E-state index >= 15 is 0 Å². The van der Waals surface area contributed by atoms with Crippen LogP contribution in [0.5, 0.6) is 0 Å². The second-order valence-corrected chi connectivity index (χ2v) is 7.41. The number of carboxylic acids is 1. The molecule has 154 valence electrons. The summed E-state index contributed by atoms with van der Waals surface area (Å²) < 4.78 is 6.32. The predicted octanol–water partition coefficient (Wildman–Crippen LogP) is 4.07. The third-order valence-electron chi connectivity index (χ3n) is 4.50. The van der Waals surface area contributed by atoms with E-state index in [0.29, 0.717) is 10.0 Å². The highest BCUT2D eigenvalue weighted by Gasteiger charge is 2.37. The Hall–Kier alpha value is -3.98. The van der Waals surface area contributed by atoms with Crippen molar-refractivity contribution in [1.82, 2.24) is 5.32 Å². The second kappa shape index (κ2) is 8.04. The number of nitrogens with one attached hydrogen (secondary N) is 1. The molecule has 0 unspecified atom stereocenters. The lowest BCUT2D eigenvalue weighted by molar-refractivity contribution is -0.122. The third-order valence-corrected chi connectivity index (χ3v) is 5.00. The van der Waals surface area contributed by atoms with Crippen molar-refractivity contribution in [2.24, 2.45) is 0 Å². The monoisotopic (exact) mass is 480 g/mol. The minimum Gasteiger partial charge on any atom is -0.478 e. The van der Waals surface area contributed by atoms with E-state index in [1.807, 2.05) is 0 Å². The molecule has 0 bridgehead atoms. The molecule has 2 heterocycles. The van der Waals surface area contributed by atoms with E-state index in [4.69, 9.17) is 4.42 Å². The van der Waals surface area contributed by atoms with Crippen molar-refractivity contribution in [3.63, 3.8) is 0 Å². The molecular weight excluding hydrogens is 468 g/mol. The Morgan fingerprint density at radius 3 is 2.55 bits per heavy atom. The largest absolute Gasteiger partial charge is 0.478 e. The van der Waals surface area contributed by atoms with E-state index in [2.05, 4.69) is 21.2 Å². The van der Waals surface area contributed by atoms with Crippen LogP contribution in [0.3, 0.4) is 0 Å². The standard InChI is InChI=1S/C22H13BrN2O6/c23-12-4-3-5-13(10-12)25-20(27)17(19(26)24-22(25)30)11-14-8-9-18(31-14)15-6-1-2-7-16(15)21(28)29/h1-11H,(H,28,29)(H,24,26,30). The number of hydrogen-bond acceptors (Lipinski definition) is 5. The molecule has 0 spiro atoms. The van der Waals surface area contributed by atoms with E-state index in [1.54, 1.807) is 42.5 Å². The van der Waals surface area contributed by atoms with Crippen molar-refractivity contribution in [3.05, 3.63) is 82.0 Å². The van der Waals surface area contributed by atoms with E-state index in [0.717, 1.165) is 4.90 Å². The molecule has 1 fully saturated rings. The van der Waals surface area contributed by atoms with Gasteiger partial charge in [0.05, 0.1) is 11.3 Å². The van der Waals surface area contributed by atoms with Crippen LogP contribution in [-0.4, -0.2) is 28.9 Å². The van der Waals surface area contributed by atoms with Gasteiger partial charge >= 0.3 is 12.0 Å². The normalized spacial score (nSPS) is 15.3. The Balaban J connectivity index is 1.70. The molecule has 2 N–H and O–H groups in total. The highest BCUT2D eigenvalue weighted by molar-refractivity contribution is 9.10. The highest BCUT2D eigenvalue weighted by Crippen LogP contribution is 2.28. The van der Waals surface area contributed by atoms with Gasteiger partial charge in [0.2, 0.25) is 0 Å². The number of amides is 4. The average molecular weight is 481 g/mol. The zero-order valence-electron chi connectivity index (χ0n) is 15.7. The summed E-state index contributed by atoms with van der Waals surface area (Å²) in [6.07, 6.45) is 1.21. The number of carbonyl (C=O) groups is 4. The number of carboxylic acid groups (broad SMARTS) is 1. The van der Waals surface area contributed by atoms with Crippen molar-refractivity contribution in [2.75, 3.05) is 4.90 Å². The van der Waals surface area contributed by atoms with Gasteiger partial charge in [-0.05, 0) is 42.5 Å². The molecule has 0 radical (unpaired) electrons. The maximum absolute atomic E-state index is 12.9. The Bertz CT molecular complexity index is 1280. The molecule has 2 aromatic carbocycles. The van der Waals surface area contributed by atoms with Crippen LogP contribution < -0.4 is 10.2 Å². The molecule has 1 aromatic heterocycles.